The Morgan fingerprint density at radius 3 is 2.38 bits per heavy atom. The van der Waals surface area contributed by atoms with Crippen molar-refractivity contribution in [3.63, 3.8) is 0 Å². The fourth-order valence-electron chi connectivity index (χ4n) is 3.03. The Morgan fingerprint density at radius 2 is 1.65 bits per heavy atom. The van der Waals surface area contributed by atoms with Crippen LogP contribution in [0.3, 0.4) is 0 Å². The van der Waals surface area contributed by atoms with Crippen molar-refractivity contribution in [2.75, 3.05) is 0 Å². The first-order chi connectivity index (χ1) is 12.7. The number of fused-ring (bicyclic) bond motifs is 1. The monoisotopic (exact) mass is 341 g/mol. The van der Waals surface area contributed by atoms with E-state index in [2.05, 4.69) is 5.32 Å². The number of aromatic nitrogens is 2. The molecule has 2 aromatic carbocycles. The van der Waals surface area contributed by atoms with Gasteiger partial charge in [-0.15, -0.1) is 0 Å². The average molecular weight is 341 g/mol. The summed E-state index contributed by atoms with van der Waals surface area (Å²) in [5.41, 5.74) is 5.09. The molecule has 0 aliphatic rings. The van der Waals surface area contributed by atoms with E-state index in [0.29, 0.717) is 17.9 Å². The van der Waals surface area contributed by atoms with Crippen molar-refractivity contribution >= 4 is 11.6 Å². The van der Waals surface area contributed by atoms with E-state index in [0.717, 1.165) is 22.3 Å². The van der Waals surface area contributed by atoms with E-state index in [9.17, 15) is 4.79 Å². The highest BCUT2D eigenvalue weighted by Crippen LogP contribution is 2.25. The Balaban J connectivity index is 1.76. The molecule has 0 saturated heterocycles. The van der Waals surface area contributed by atoms with Crippen molar-refractivity contribution in [1.29, 1.82) is 0 Å². The molecule has 0 aliphatic heterocycles. The van der Waals surface area contributed by atoms with Gasteiger partial charge in [-0.05, 0) is 24.1 Å². The van der Waals surface area contributed by atoms with Crippen molar-refractivity contribution < 1.29 is 4.79 Å². The van der Waals surface area contributed by atoms with Gasteiger partial charge in [-0.2, -0.15) is 0 Å². The van der Waals surface area contributed by atoms with Gasteiger partial charge in [-0.1, -0.05) is 66.7 Å². The van der Waals surface area contributed by atoms with E-state index < -0.39 is 0 Å². The van der Waals surface area contributed by atoms with Crippen LogP contribution < -0.4 is 5.32 Å². The number of aryl methyl sites for hydroxylation is 1. The van der Waals surface area contributed by atoms with Gasteiger partial charge in [-0.25, -0.2) is 4.98 Å². The molecule has 0 radical (unpaired) electrons. The summed E-state index contributed by atoms with van der Waals surface area (Å²) in [4.78, 5) is 17.7. The van der Waals surface area contributed by atoms with Gasteiger partial charge in [-0.3, -0.25) is 9.20 Å². The number of carbonyl (C=O) groups is 1. The number of pyridine rings is 1. The van der Waals surface area contributed by atoms with Gasteiger partial charge >= 0.3 is 0 Å². The van der Waals surface area contributed by atoms with Crippen molar-refractivity contribution in [2.45, 2.75) is 13.5 Å². The molecule has 1 N–H and O–H groups in total. The molecule has 2 heterocycles. The number of nitrogens with one attached hydrogen (secondary N) is 1. The van der Waals surface area contributed by atoms with Gasteiger partial charge in [0.2, 0.25) is 0 Å². The maximum atomic E-state index is 13.0. The summed E-state index contributed by atoms with van der Waals surface area (Å²) in [6.45, 7) is 2.49. The zero-order chi connectivity index (χ0) is 17.9. The molecule has 4 rings (SSSR count). The van der Waals surface area contributed by atoms with Crippen LogP contribution in [-0.4, -0.2) is 15.3 Å². The second-order valence-electron chi connectivity index (χ2n) is 6.28. The number of rotatable bonds is 4. The predicted octanol–water partition coefficient (Wildman–Crippen LogP) is 4.24. The summed E-state index contributed by atoms with van der Waals surface area (Å²) in [6.07, 6.45) is 1.95. The Kier molecular flexibility index (Phi) is 4.23. The van der Waals surface area contributed by atoms with Crippen LogP contribution in [0.2, 0.25) is 0 Å². The van der Waals surface area contributed by atoms with Crippen LogP contribution in [0.5, 0.6) is 0 Å². The molecular formula is C22H19N3O. The summed E-state index contributed by atoms with van der Waals surface area (Å²) in [7, 11) is 0. The molecule has 0 atom stereocenters. The number of benzene rings is 2. The van der Waals surface area contributed by atoms with Crippen LogP contribution in [-0.2, 0) is 6.54 Å². The number of nitrogens with zero attached hydrogens (tertiary/aromatic N) is 2. The molecule has 26 heavy (non-hydrogen) atoms. The highest BCUT2D eigenvalue weighted by atomic mass is 16.1. The van der Waals surface area contributed by atoms with Crippen LogP contribution in [0.25, 0.3) is 16.9 Å². The first-order valence-corrected chi connectivity index (χ1v) is 8.58. The lowest BCUT2D eigenvalue weighted by Gasteiger charge is -2.08. The zero-order valence-electron chi connectivity index (χ0n) is 14.5. The highest BCUT2D eigenvalue weighted by Gasteiger charge is 2.20. The molecule has 0 unspecified atom stereocenters. The van der Waals surface area contributed by atoms with Crippen LogP contribution in [0.1, 0.15) is 21.6 Å². The summed E-state index contributed by atoms with van der Waals surface area (Å²) < 4.78 is 1.87. The predicted molar refractivity (Wildman–Crippen MR) is 103 cm³/mol. The van der Waals surface area contributed by atoms with Gasteiger partial charge in [0.25, 0.3) is 5.91 Å². The minimum absolute atomic E-state index is 0.134. The SMILES string of the molecule is Cc1ccc2nc(-c3ccccc3)c(C(=O)NCc3ccccc3)n2c1. The minimum atomic E-state index is -0.134. The molecule has 4 aromatic rings. The van der Waals surface area contributed by atoms with Gasteiger partial charge in [0.15, 0.2) is 0 Å². The number of imidazole rings is 1. The third-order valence-corrected chi connectivity index (χ3v) is 4.32. The average Bonchev–Trinajstić information content (AvgIpc) is 3.06. The minimum Gasteiger partial charge on any atom is -0.347 e. The largest absolute Gasteiger partial charge is 0.347 e. The lowest BCUT2D eigenvalue weighted by atomic mass is 10.1. The van der Waals surface area contributed by atoms with Crippen LogP contribution in [0.15, 0.2) is 79.0 Å². The number of hydrogen-bond donors (Lipinski definition) is 1. The topological polar surface area (TPSA) is 46.4 Å². The molecular weight excluding hydrogens is 322 g/mol. The van der Waals surface area contributed by atoms with Gasteiger partial charge in [0.1, 0.15) is 17.0 Å². The zero-order valence-corrected chi connectivity index (χ0v) is 14.5. The fraction of sp³-hybridized carbons (Fsp3) is 0.0909. The Hall–Kier alpha value is -3.40. The van der Waals surface area contributed by atoms with Crippen molar-refractivity contribution in [3.05, 3.63) is 95.8 Å². The van der Waals surface area contributed by atoms with Crippen molar-refractivity contribution in [3.8, 4) is 11.3 Å². The standard InChI is InChI=1S/C22H19N3O/c1-16-12-13-19-24-20(18-10-6-3-7-11-18)21(25(19)15-16)22(26)23-14-17-8-4-2-5-9-17/h2-13,15H,14H2,1H3,(H,23,26). The number of hydrogen-bond acceptors (Lipinski definition) is 2. The second kappa shape index (κ2) is 6.84. The lowest BCUT2D eigenvalue weighted by Crippen LogP contribution is -2.24. The van der Waals surface area contributed by atoms with Crippen LogP contribution in [0, 0.1) is 6.92 Å². The highest BCUT2D eigenvalue weighted by molar-refractivity contribution is 5.99. The third kappa shape index (κ3) is 3.09. The summed E-state index contributed by atoms with van der Waals surface area (Å²) >= 11 is 0. The molecule has 0 aliphatic carbocycles. The first-order valence-electron chi connectivity index (χ1n) is 8.58. The van der Waals surface area contributed by atoms with Gasteiger partial charge < -0.3 is 5.32 Å². The first kappa shape index (κ1) is 16.1. The van der Waals surface area contributed by atoms with Crippen LogP contribution in [0.4, 0.5) is 0 Å². The number of amides is 1. The molecule has 0 fully saturated rings. The van der Waals surface area contributed by atoms with E-state index in [1.165, 1.54) is 0 Å². The quantitative estimate of drug-likeness (QED) is 0.603. The maximum Gasteiger partial charge on any atom is 0.270 e. The molecule has 1 amide bonds. The maximum absolute atomic E-state index is 13.0. The summed E-state index contributed by atoms with van der Waals surface area (Å²) in [5.74, 6) is -0.134. The van der Waals surface area contributed by atoms with E-state index in [1.807, 2.05) is 90.3 Å². The Morgan fingerprint density at radius 1 is 0.962 bits per heavy atom. The smallest absolute Gasteiger partial charge is 0.270 e. The molecule has 4 nitrogen and oxygen atoms in total. The number of carbonyl (C=O) groups excluding carboxylic acids is 1. The normalized spacial score (nSPS) is 10.8. The fourth-order valence-corrected chi connectivity index (χ4v) is 3.03. The molecule has 128 valence electrons. The van der Waals surface area contributed by atoms with Gasteiger partial charge in [0.05, 0.1) is 0 Å². The van der Waals surface area contributed by atoms with E-state index in [-0.39, 0.29) is 5.91 Å². The molecule has 2 aromatic heterocycles. The second-order valence-corrected chi connectivity index (χ2v) is 6.28. The van der Waals surface area contributed by atoms with Crippen molar-refractivity contribution in [2.24, 2.45) is 0 Å². The van der Waals surface area contributed by atoms with E-state index in [4.69, 9.17) is 4.98 Å². The molecule has 0 bridgehead atoms. The summed E-state index contributed by atoms with van der Waals surface area (Å²) in [6, 6.07) is 23.7. The lowest BCUT2D eigenvalue weighted by molar-refractivity contribution is 0.0945. The molecule has 0 spiro atoms. The Labute approximate surface area is 152 Å². The molecule has 0 saturated carbocycles. The van der Waals surface area contributed by atoms with E-state index in [1.54, 1.807) is 0 Å². The molecule has 4 heteroatoms. The van der Waals surface area contributed by atoms with Gasteiger partial charge in [0, 0.05) is 18.3 Å². The third-order valence-electron chi connectivity index (χ3n) is 4.32. The van der Waals surface area contributed by atoms with Crippen LogP contribution >= 0.6 is 0 Å². The Bertz CT molecular complexity index is 1050. The van der Waals surface area contributed by atoms with Crippen molar-refractivity contribution in [1.82, 2.24) is 14.7 Å². The van der Waals surface area contributed by atoms with E-state index >= 15 is 0 Å². The summed E-state index contributed by atoms with van der Waals surface area (Å²) in [5, 5.41) is 3.02.